The molecule has 114 valence electrons. The molecule has 4 bridgehead atoms. The van der Waals surface area contributed by atoms with Gasteiger partial charge in [0.25, 0.3) is 0 Å². The molecule has 0 heterocycles. The number of ether oxygens (including phenoxy) is 1. The molecule has 1 aromatic rings. The summed E-state index contributed by atoms with van der Waals surface area (Å²) in [5, 5.41) is 9.06. The molecule has 0 amide bonds. The van der Waals surface area contributed by atoms with Crippen LogP contribution in [0.15, 0.2) is 30.8 Å². The van der Waals surface area contributed by atoms with Crippen LogP contribution in [-0.2, 0) is 4.74 Å². The number of hydrogen-bond acceptors (Lipinski definition) is 2. The Morgan fingerprint density at radius 1 is 1.00 bits per heavy atom. The van der Waals surface area contributed by atoms with Gasteiger partial charge in [-0.05, 0) is 74.3 Å². The average Bonchev–Trinajstić information content (AvgIpc) is 2.45. The van der Waals surface area contributed by atoms with Crippen LogP contribution < -0.4 is 0 Å². The third kappa shape index (κ3) is 3.42. The summed E-state index contributed by atoms with van der Waals surface area (Å²) in [4.78, 5) is 0. The first-order valence-corrected chi connectivity index (χ1v) is 8.16. The fourth-order valence-corrected chi connectivity index (χ4v) is 4.78. The first-order valence-electron chi connectivity index (χ1n) is 8.16. The summed E-state index contributed by atoms with van der Waals surface area (Å²) in [6.07, 6.45) is 9.62. The lowest BCUT2D eigenvalue weighted by Gasteiger charge is -2.49. The monoisotopic (exact) mass is 286 g/mol. The molecule has 0 saturated heterocycles. The van der Waals surface area contributed by atoms with Crippen molar-refractivity contribution in [1.29, 1.82) is 0 Å². The molecule has 4 saturated carbocycles. The van der Waals surface area contributed by atoms with Crippen molar-refractivity contribution in [3.63, 3.8) is 0 Å². The Bertz CT molecular complexity index is 450. The summed E-state index contributed by atoms with van der Waals surface area (Å²) < 4.78 is 4.89. The quantitative estimate of drug-likeness (QED) is 0.788. The largest absolute Gasteiger partial charge is 0.508 e. The molecule has 4 aliphatic carbocycles. The van der Waals surface area contributed by atoms with E-state index in [1.165, 1.54) is 23.7 Å². The molecule has 0 aromatic heterocycles. The van der Waals surface area contributed by atoms with Crippen molar-refractivity contribution in [3.8, 4) is 5.75 Å². The van der Waals surface area contributed by atoms with E-state index in [-0.39, 0.29) is 5.75 Å². The summed E-state index contributed by atoms with van der Waals surface area (Å²) in [6.45, 7) is 3.65. The SMILES string of the molecule is C1C2CC3CC1CC(C2)C3.C=C(OC)c1cccc(O)c1. The Morgan fingerprint density at radius 2 is 1.48 bits per heavy atom. The van der Waals surface area contributed by atoms with Gasteiger partial charge in [0.2, 0.25) is 0 Å². The van der Waals surface area contributed by atoms with Gasteiger partial charge >= 0.3 is 0 Å². The minimum Gasteiger partial charge on any atom is -0.508 e. The molecule has 2 nitrogen and oxygen atoms in total. The van der Waals surface area contributed by atoms with E-state index < -0.39 is 0 Å². The van der Waals surface area contributed by atoms with E-state index in [0.29, 0.717) is 5.76 Å². The van der Waals surface area contributed by atoms with E-state index in [1.807, 2.05) is 6.07 Å². The van der Waals surface area contributed by atoms with Crippen molar-refractivity contribution in [2.45, 2.75) is 38.5 Å². The van der Waals surface area contributed by atoms with Crippen molar-refractivity contribution in [1.82, 2.24) is 0 Å². The van der Waals surface area contributed by atoms with Gasteiger partial charge in [0.15, 0.2) is 0 Å². The highest BCUT2D eigenvalue weighted by Gasteiger charge is 2.41. The normalized spacial score (nSPS) is 32.2. The number of hydrogen-bond donors (Lipinski definition) is 1. The molecule has 2 heteroatoms. The molecule has 0 atom stereocenters. The zero-order valence-corrected chi connectivity index (χ0v) is 12.9. The van der Waals surface area contributed by atoms with Crippen LogP contribution >= 0.6 is 0 Å². The Morgan fingerprint density at radius 3 is 1.86 bits per heavy atom. The maximum atomic E-state index is 9.06. The van der Waals surface area contributed by atoms with Gasteiger partial charge in [-0.3, -0.25) is 0 Å². The number of phenolic OH excluding ortho intramolecular Hbond substituents is 1. The molecule has 0 unspecified atom stereocenters. The van der Waals surface area contributed by atoms with Crippen LogP contribution in [0.3, 0.4) is 0 Å². The van der Waals surface area contributed by atoms with Crippen molar-refractivity contribution in [3.05, 3.63) is 36.4 Å². The predicted octanol–water partition coefficient (Wildman–Crippen LogP) is 4.84. The first kappa shape index (κ1) is 14.5. The molecular weight excluding hydrogens is 260 g/mol. The molecule has 4 fully saturated rings. The van der Waals surface area contributed by atoms with Crippen LogP contribution in [0.4, 0.5) is 0 Å². The smallest absolute Gasteiger partial charge is 0.119 e. The highest BCUT2D eigenvalue weighted by molar-refractivity contribution is 5.58. The Balaban J connectivity index is 0.000000126. The molecule has 1 N–H and O–H groups in total. The molecule has 5 rings (SSSR count). The maximum Gasteiger partial charge on any atom is 0.119 e. The zero-order valence-electron chi connectivity index (χ0n) is 12.9. The molecule has 0 spiro atoms. The van der Waals surface area contributed by atoms with Crippen molar-refractivity contribution >= 4 is 5.76 Å². The summed E-state index contributed by atoms with van der Waals surface area (Å²) in [5.74, 6) is 5.49. The van der Waals surface area contributed by atoms with Gasteiger partial charge in [0.05, 0.1) is 7.11 Å². The molecule has 1 aromatic carbocycles. The molecule has 0 aliphatic heterocycles. The Labute approximate surface area is 127 Å². The van der Waals surface area contributed by atoms with Crippen LogP contribution in [0.1, 0.15) is 44.1 Å². The predicted molar refractivity (Wildman–Crippen MR) is 85.8 cm³/mol. The fraction of sp³-hybridized carbons (Fsp3) is 0.579. The zero-order chi connectivity index (χ0) is 14.8. The summed E-state index contributed by atoms with van der Waals surface area (Å²) >= 11 is 0. The van der Waals surface area contributed by atoms with Gasteiger partial charge in [-0.15, -0.1) is 0 Å². The van der Waals surface area contributed by atoms with E-state index in [4.69, 9.17) is 9.84 Å². The van der Waals surface area contributed by atoms with E-state index >= 15 is 0 Å². The third-order valence-corrected chi connectivity index (χ3v) is 5.41. The molecule has 0 radical (unpaired) electrons. The topological polar surface area (TPSA) is 29.5 Å². The summed E-state index contributed by atoms with van der Waals surface area (Å²) in [6, 6.07) is 6.78. The Kier molecular flexibility index (Phi) is 4.23. The fourth-order valence-electron chi connectivity index (χ4n) is 4.78. The van der Waals surface area contributed by atoms with Gasteiger partial charge in [0.1, 0.15) is 11.5 Å². The van der Waals surface area contributed by atoms with Gasteiger partial charge in [-0.25, -0.2) is 0 Å². The summed E-state index contributed by atoms with van der Waals surface area (Å²) in [7, 11) is 1.55. The number of aromatic hydroxyl groups is 1. The van der Waals surface area contributed by atoms with Crippen LogP contribution in [0.5, 0.6) is 5.75 Å². The highest BCUT2D eigenvalue weighted by Crippen LogP contribution is 2.53. The second-order valence-electron chi connectivity index (χ2n) is 7.06. The van der Waals surface area contributed by atoms with E-state index in [1.54, 1.807) is 63.8 Å². The van der Waals surface area contributed by atoms with Crippen molar-refractivity contribution in [2.75, 3.05) is 7.11 Å². The van der Waals surface area contributed by atoms with Gasteiger partial charge in [-0.2, -0.15) is 0 Å². The van der Waals surface area contributed by atoms with E-state index in [0.717, 1.165) is 5.56 Å². The average molecular weight is 286 g/mol. The molecule has 21 heavy (non-hydrogen) atoms. The van der Waals surface area contributed by atoms with Gasteiger partial charge in [-0.1, -0.05) is 18.7 Å². The van der Waals surface area contributed by atoms with Gasteiger partial charge in [0, 0.05) is 5.56 Å². The lowest BCUT2D eigenvalue weighted by atomic mass is 9.56. The summed E-state index contributed by atoms with van der Waals surface area (Å²) in [5.41, 5.74) is 0.799. The molecular formula is C19H26O2. The van der Waals surface area contributed by atoms with Crippen LogP contribution in [0.25, 0.3) is 5.76 Å². The third-order valence-electron chi connectivity index (χ3n) is 5.41. The molecule has 4 aliphatic rings. The number of methoxy groups -OCH3 is 1. The van der Waals surface area contributed by atoms with E-state index in [2.05, 4.69) is 6.58 Å². The second kappa shape index (κ2) is 6.13. The van der Waals surface area contributed by atoms with Crippen molar-refractivity contribution < 1.29 is 9.84 Å². The first-order chi connectivity index (χ1) is 10.1. The van der Waals surface area contributed by atoms with Crippen LogP contribution in [0, 0.1) is 23.7 Å². The van der Waals surface area contributed by atoms with Crippen LogP contribution in [0.2, 0.25) is 0 Å². The number of rotatable bonds is 2. The number of benzene rings is 1. The standard InChI is InChI=1S/C10H16.C9H10O2/c1-7-2-9-4-8(1)5-10(3-7)6-9;1-7(11-2)8-4-3-5-9(10)6-8/h7-10H,1-6H2;3-6,10H,1H2,2H3. The minimum atomic E-state index is 0.223. The number of phenols is 1. The lowest BCUT2D eigenvalue weighted by molar-refractivity contribution is 0.0198. The lowest BCUT2D eigenvalue weighted by Crippen LogP contribution is -2.38. The minimum absolute atomic E-state index is 0.223. The highest BCUT2D eigenvalue weighted by atomic mass is 16.5. The van der Waals surface area contributed by atoms with Gasteiger partial charge < -0.3 is 9.84 Å². The van der Waals surface area contributed by atoms with Crippen molar-refractivity contribution in [2.24, 2.45) is 23.7 Å². The van der Waals surface area contributed by atoms with E-state index in [9.17, 15) is 0 Å². The second-order valence-corrected chi connectivity index (χ2v) is 7.06. The maximum absolute atomic E-state index is 9.06. The van der Waals surface area contributed by atoms with Crippen LogP contribution in [-0.4, -0.2) is 12.2 Å². The Hall–Kier alpha value is -1.44.